The molecule has 0 spiro atoms. The molecule has 2 aromatic rings. The van der Waals surface area contributed by atoms with Crippen molar-refractivity contribution in [1.82, 2.24) is 0 Å². The summed E-state index contributed by atoms with van der Waals surface area (Å²) in [4.78, 5) is 0. The zero-order valence-corrected chi connectivity index (χ0v) is 11.4. The lowest BCUT2D eigenvalue weighted by Gasteiger charge is -2.15. The van der Waals surface area contributed by atoms with Crippen LogP contribution in [0.1, 0.15) is 5.56 Å². The molecule has 2 aromatic carbocycles. The molecule has 0 bridgehead atoms. The Morgan fingerprint density at radius 1 is 1.00 bits per heavy atom. The standard InChI is InChI=1S/C15H16FNO3/c1-18-13-7-4-8-14(19-2)15(13)20-9-10-11(16)5-3-6-12(10)17/h3-8H,9,17H2,1-2H3. The van der Waals surface area contributed by atoms with Crippen molar-refractivity contribution in [1.29, 1.82) is 0 Å². The third-order valence-electron chi connectivity index (χ3n) is 2.90. The van der Waals surface area contributed by atoms with Crippen molar-refractivity contribution in [2.75, 3.05) is 20.0 Å². The Labute approximate surface area is 116 Å². The van der Waals surface area contributed by atoms with Gasteiger partial charge < -0.3 is 19.9 Å². The van der Waals surface area contributed by atoms with E-state index < -0.39 is 5.82 Å². The van der Waals surface area contributed by atoms with Gasteiger partial charge in [-0.05, 0) is 24.3 Å². The summed E-state index contributed by atoms with van der Waals surface area (Å²) < 4.78 is 29.7. The van der Waals surface area contributed by atoms with Crippen LogP contribution >= 0.6 is 0 Å². The zero-order chi connectivity index (χ0) is 14.5. The second kappa shape index (κ2) is 6.14. The van der Waals surface area contributed by atoms with Crippen LogP contribution in [-0.2, 0) is 6.61 Å². The van der Waals surface area contributed by atoms with Crippen LogP contribution in [0, 0.1) is 5.82 Å². The van der Waals surface area contributed by atoms with Crippen molar-refractivity contribution in [3.05, 3.63) is 47.8 Å². The molecule has 2 rings (SSSR count). The molecule has 0 radical (unpaired) electrons. The number of ether oxygens (including phenoxy) is 3. The van der Waals surface area contributed by atoms with E-state index in [1.165, 1.54) is 20.3 Å². The number of benzene rings is 2. The number of halogens is 1. The normalized spacial score (nSPS) is 10.2. The summed E-state index contributed by atoms with van der Waals surface area (Å²) >= 11 is 0. The lowest BCUT2D eigenvalue weighted by molar-refractivity contribution is 0.262. The van der Waals surface area contributed by atoms with Gasteiger partial charge in [-0.1, -0.05) is 12.1 Å². The highest BCUT2D eigenvalue weighted by Crippen LogP contribution is 2.37. The van der Waals surface area contributed by atoms with Gasteiger partial charge >= 0.3 is 0 Å². The van der Waals surface area contributed by atoms with Crippen LogP contribution in [0.3, 0.4) is 0 Å². The second-order valence-electron chi connectivity index (χ2n) is 4.09. The SMILES string of the molecule is COc1cccc(OC)c1OCc1c(N)cccc1F. The summed E-state index contributed by atoms with van der Waals surface area (Å²) in [5.74, 6) is 1.04. The van der Waals surface area contributed by atoms with E-state index in [9.17, 15) is 4.39 Å². The fourth-order valence-corrected chi connectivity index (χ4v) is 1.83. The van der Waals surface area contributed by atoms with E-state index in [1.807, 2.05) is 0 Å². The Kier molecular flexibility index (Phi) is 4.30. The minimum atomic E-state index is -0.404. The van der Waals surface area contributed by atoms with Gasteiger partial charge in [0.05, 0.1) is 14.2 Å². The first kappa shape index (κ1) is 14.0. The van der Waals surface area contributed by atoms with Crippen molar-refractivity contribution in [2.45, 2.75) is 6.61 Å². The minimum absolute atomic E-state index is 0.00472. The predicted octanol–water partition coefficient (Wildman–Crippen LogP) is 3.00. The molecule has 0 saturated heterocycles. The monoisotopic (exact) mass is 277 g/mol. The first-order chi connectivity index (χ1) is 9.67. The molecule has 20 heavy (non-hydrogen) atoms. The number of nitrogens with two attached hydrogens (primary N) is 1. The van der Waals surface area contributed by atoms with Gasteiger partial charge in [0.2, 0.25) is 5.75 Å². The zero-order valence-electron chi connectivity index (χ0n) is 11.4. The third-order valence-corrected chi connectivity index (χ3v) is 2.90. The highest BCUT2D eigenvalue weighted by atomic mass is 19.1. The highest BCUT2D eigenvalue weighted by Gasteiger charge is 2.13. The number of nitrogen functional groups attached to an aromatic ring is 1. The van der Waals surface area contributed by atoms with Gasteiger partial charge in [-0.25, -0.2) is 4.39 Å². The van der Waals surface area contributed by atoms with Crippen LogP contribution < -0.4 is 19.9 Å². The Balaban J connectivity index is 2.27. The largest absolute Gasteiger partial charge is 0.493 e. The minimum Gasteiger partial charge on any atom is -0.493 e. The number of anilines is 1. The molecule has 0 atom stereocenters. The molecule has 2 N–H and O–H groups in total. The van der Waals surface area contributed by atoms with Crippen molar-refractivity contribution < 1.29 is 18.6 Å². The molecular weight excluding hydrogens is 261 g/mol. The van der Waals surface area contributed by atoms with Gasteiger partial charge in [0.1, 0.15) is 12.4 Å². The Hall–Kier alpha value is -2.43. The van der Waals surface area contributed by atoms with E-state index in [0.29, 0.717) is 28.5 Å². The first-order valence-corrected chi connectivity index (χ1v) is 6.04. The van der Waals surface area contributed by atoms with Crippen LogP contribution in [0.15, 0.2) is 36.4 Å². The van der Waals surface area contributed by atoms with Crippen LogP contribution in [0.4, 0.5) is 10.1 Å². The van der Waals surface area contributed by atoms with Crippen molar-refractivity contribution in [2.24, 2.45) is 0 Å². The maximum absolute atomic E-state index is 13.7. The number of methoxy groups -OCH3 is 2. The van der Waals surface area contributed by atoms with Gasteiger partial charge in [-0.15, -0.1) is 0 Å². The molecule has 0 aliphatic carbocycles. The second-order valence-corrected chi connectivity index (χ2v) is 4.09. The summed E-state index contributed by atoms with van der Waals surface area (Å²) in [7, 11) is 3.05. The molecule has 4 nitrogen and oxygen atoms in total. The molecule has 0 aliphatic heterocycles. The van der Waals surface area contributed by atoms with Crippen molar-refractivity contribution in [3.8, 4) is 17.2 Å². The Bertz CT molecular complexity index is 559. The molecule has 0 saturated carbocycles. The Morgan fingerprint density at radius 2 is 1.60 bits per heavy atom. The summed E-state index contributed by atoms with van der Waals surface area (Å²) in [6, 6.07) is 9.78. The van der Waals surface area contributed by atoms with Crippen molar-refractivity contribution >= 4 is 5.69 Å². The van der Waals surface area contributed by atoms with Gasteiger partial charge in [0.15, 0.2) is 11.5 Å². The first-order valence-electron chi connectivity index (χ1n) is 6.04. The van der Waals surface area contributed by atoms with Gasteiger partial charge in [-0.3, -0.25) is 0 Å². The molecule has 0 unspecified atom stereocenters. The molecule has 0 amide bonds. The highest BCUT2D eigenvalue weighted by molar-refractivity contribution is 5.52. The topological polar surface area (TPSA) is 53.7 Å². The van der Waals surface area contributed by atoms with Gasteiger partial charge in [0.25, 0.3) is 0 Å². The molecule has 106 valence electrons. The summed E-state index contributed by atoms with van der Waals surface area (Å²) in [6.45, 7) is -0.00472. The number of hydrogen-bond donors (Lipinski definition) is 1. The Morgan fingerprint density at radius 3 is 2.15 bits per heavy atom. The maximum Gasteiger partial charge on any atom is 0.203 e. The van der Waals surface area contributed by atoms with Crippen LogP contribution in [0.2, 0.25) is 0 Å². The molecule has 0 heterocycles. The lowest BCUT2D eigenvalue weighted by Crippen LogP contribution is -2.04. The smallest absolute Gasteiger partial charge is 0.203 e. The van der Waals surface area contributed by atoms with E-state index in [2.05, 4.69) is 0 Å². The van der Waals surface area contributed by atoms with E-state index in [0.717, 1.165) is 0 Å². The fourth-order valence-electron chi connectivity index (χ4n) is 1.83. The molecule has 0 fully saturated rings. The van der Waals surface area contributed by atoms with E-state index in [-0.39, 0.29) is 6.61 Å². The molecule has 0 aliphatic rings. The average molecular weight is 277 g/mol. The van der Waals surface area contributed by atoms with Crippen molar-refractivity contribution in [3.63, 3.8) is 0 Å². The van der Waals surface area contributed by atoms with E-state index >= 15 is 0 Å². The summed E-state index contributed by atoms with van der Waals surface area (Å²) in [5.41, 5.74) is 6.40. The number of para-hydroxylation sites is 1. The summed E-state index contributed by atoms with van der Waals surface area (Å²) in [5, 5.41) is 0. The molecular formula is C15H16FNO3. The van der Waals surface area contributed by atoms with Gasteiger partial charge in [-0.2, -0.15) is 0 Å². The predicted molar refractivity (Wildman–Crippen MR) is 74.7 cm³/mol. The van der Waals surface area contributed by atoms with Crippen LogP contribution in [0.25, 0.3) is 0 Å². The van der Waals surface area contributed by atoms with Crippen LogP contribution in [-0.4, -0.2) is 14.2 Å². The molecule has 5 heteroatoms. The third kappa shape index (κ3) is 2.77. The maximum atomic E-state index is 13.7. The van der Waals surface area contributed by atoms with E-state index in [4.69, 9.17) is 19.9 Å². The van der Waals surface area contributed by atoms with Gasteiger partial charge in [0, 0.05) is 11.3 Å². The molecule has 0 aromatic heterocycles. The summed E-state index contributed by atoms with van der Waals surface area (Å²) in [6.07, 6.45) is 0. The number of rotatable bonds is 5. The quantitative estimate of drug-likeness (QED) is 0.854. The fraction of sp³-hybridized carbons (Fsp3) is 0.200. The average Bonchev–Trinajstić information content (AvgIpc) is 2.46. The van der Waals surface area contributed by atoms with E-state index in [1.54, 1.807) is 30.3 Å². The lowest BCUT2D eigenvalue weighted by atomic mass is 10.2. The number of hydrogen-bond acceptors (Lipinski definition) is 4. The van der Waals surface area contributed by atoms with Crippen LogP contribution in [0.5, 0.6) is 17.2 Å².